The number of hydrogen-bond donors (Lipinski definition) is 1. The Hall–Kier alpha value is -2.05. The summed E-state index contributed by atoms with van der Waals surface area (Å²) >= 11 is 7.18. The molecule has 2 aromatic rings. The highest BCUT2D eigenvalue weighted by Crippen LogP contribution is 2.29. The van der Waals surface area contributed by atoms with Crippen molar-refractivity contribution in [3.8, 4) is 0 Å². The SMILES string of the molecule is CCOC(=O)c1sc(NC(=O)c2ccc(Cl)c(S(=O)(=O)N3CC(C)OC(C)C3)c2)nc1C. The van der Waals surface area contributed by atoms with E-state index in [9.17, 15) is 18.0 Å². The number of aryl methyl sites for hydroxylation is 1. The highest BCUT2D eigenvalue weighted by Gasteiger charge is 2.34. The molecular weight excluding hydrogens is 478 g/mol. The number of morpholine rings is 1. The first kappa shape index (κ1) is 24.6. The molecule has 1 aliphatic rings. The van der Waals surface area contributed by atoms with E-state index >= 15 is 0 Å². The summed E-state index contributed by atoms with van der Waals surface area (Å²) in [5.41, 5.74) is 0.520. The third-order valence-electron chi connectivity index (χ3n) is 4.68. The number of amides is 1. The maximum absolute atomic E-state index is 13.2. The quantitative estimate of drug-likeness (QED) is 0.603. The molecule has 2 heterocycles. The van der Waals surface area contributed by atoms with Crippen LogP contribution < -0.4 is 5.32 Å². The van der Waals surface area contributed by atoms with Gasteiger partial charge < -0.3 is 9.47 Å². The number of benzene rings is 1. The number of ether oxygens (including phenoxy) is 2. The Morgan fingerprint density at radius 2 is 1.97 bits per heavy atom. The predicted octanol–water partition coefficient (Wildman–Crippen LogP) is 3.33. The van der Waals surface area contributed by atoms with Crippen molar-refractivity contribution >= 4 is 50.0 Å². The molecule has 1 aromatic carbocycles. The van der Waals surface area contributed by atoms with Gasteiger partial charge in [0.25, 0.3) is 5.91 Å². The predicted molar refractivity (Wildman–Crippen MR) is 121 cm³/mol. The zero-order chi connectivity index (χ0) is 23.6. The molecule has 1 aromatic heterocycles. The van der Waals surface area contributed by atoms with Gasteiger partial charge in [-0.15, -0.1) is 0 Å². The van der Waals surface area contributed by atoms with Gasteiger partial charge in [0.2, 0.25) is 10.0 Å². The van der Waals surface area contributed by atoms with Gasteiger partial charge in [-0.25, -0.2) is 18.2 Å². The van der Waals surface area contributed by atoms with Gasteiger partial charge in [-0.3, -0.25) is 10.1 Å². The van der Waals surface area contributed by atoms with Gasteiger partial charge >= 0.3 is 5.97 Å². The number of esters is 1. The molecule has 0 saturated carbocycles. The summed E-state index contributed by atoms with van der Waals surface area (Å²) in [6.45, 7) is 7.52. The Labute approximate surface area is 195 Å². The first-order valence-corrected chi connectivity index (χ1v) is 12.6. The minimum absolute atomic E-state index is 0.0167. The van der Waals surface area contributed by atoms with Crippen molar-refractivity contribution in [2.75, 3.05) is 25.0 Å². The maximum atomic E-state index is 13.2. The Balaban J connectivity index is 1.85. The lowest BCUT2D eigenvalue weighted by Gasteiger charge is -2.34. The molecule has 9 nitrogen and oxygen atoms in total. The van der Waals surface area contributed by atoms with Crippen LogP contribution in [-0.4, -0.2) is 61.5 Å². The maximum Gasteiger partial charge on any atom is 0.350 e. The molecule has 1 amide bonds. The van der Waals surface area contributed by atoms with Crippen molar-refractivity contribution in [1.82, 2.24) is 9.29 Å². The average molecular weight is 502 g/mol. The number of sulfonamides is 1. The van der Waals surface area contributed by atoms with E-state index in [0.717, 1.165) is 11.3 Å². The molecule has 1 fully saturated rings. The van der Waals surface area contributed by atoms with Gasteiger partial charge in [-0.05, 0) is 45.9 Å². The van der Waals surface area contributed by atoms with Gasteiger partial charge in [0.15, 0.2) is 5.13 Å². The first-order chi connectivity index (χ1) is 15.0. The summed E-state index contributed by atoms with van der Waals surface area (Å²) in [5.74, 6) is -1.09. The second kappa shape index (κ2) is 9.84. The van der Waals surface area contributed by atoms with Gasteiger partial charge in [0.1, 0.15) is 9.77 Å². The van der Waals surface area contributed by atoms with Gasteiger partial charge in [0.05, 0.1) is 29.5 Å². The van der Waals surface area contributed by atoms with Gasteiger partial charge in [-0.1, -0.05) is 22.9 Å². The highest BCUT2D eigenvalue weighted by atomic mass is 35.5. The summed E-state index contributed by atoms with van der Waals surface area (Å²) in [7, 11) is -3.94. The second-order valence-corrected chi connectivity index (χ2v) is 10.6. The van der Waals surface area contributed by atoms with Crippen LogP contribution in [0.2, 0.25) is 5.02 Å². The topological polar surface area (TPSA) is 115 Å². The number of carbonyl (C=O) groups excluding carboxylic acids is 2. The first-order valence-electron chi connectivity index (χ1n) is 9.94. The molecule has 1 aliphatic heterocycles. The normalized spacial score (nSPS) is 19.5. The van der Waals surface area contributed by atoms with Crippen molar-refractivity contribution in [2.45, 2.75) is 44.8 Å². The van der Waals surface area contributed by atoms with Crippen LogP contribution in [0, 0.1) is 6.92 Å². The van der Waals surface area contributed by atoms with Crippen LogP contribution in [0.1, 0.15) is 46.5 Å². The number of rotatable bonds is 6. The number of anilines is 1. The van der Waals surface area contributed by atoms with Crippen molar-refractivity contribution in [3.63, 3.8) is 0 Å². The lowest BCUT2D eigenvalue weighted by molar-refractivity contribution is -0.0440. The van der Waals surface area contributed by atoms with Crippen LogP contribution in [0.3, 0.4) is 0 Å². The van der Waals surface area contributed by atoms with Crippen LogP contribution in [0.25, 0.3) is 0 Å². The van der Waals surface area contributed by atoms with Crippen molar-refractivity contribution in [1.29, 1.82) is 0 Å². The highest BCUT2D eigenvalue weighted by molar-refractivity contribution is 7.89. The smallest absolute Gasteiger partial charge is 0.350 e. The van der Waals surface area contributed by atoms with Gasteiger partial charge in [0, 0.05) is 18.7 Å². The van der Waals surface area contributed by atoms with E-state index in [1.54, 1.807) is 27.7 Å². The van der Waals surface area contributed by atoms with E-state index in [1.807, 2.05) is 0 Å². The largest absolute Gasteiger partial charge is 0.462 e. The van der Waals surface area contributed by atoms with Crippen LogP contribution in [0.4, 0.5) is 5.13 Å². The van der Waals surface area contributed by atoms with Crippen molar-refractivity contribution in [3.05, 3.63) is 39.4 Å². The number of nitrogens with one attached hydrogen (secondary N) is 1. The molecule has 1 N–H and O–H groups in total. The zero-order valence-corrected chi connectivity index (χ0v) is 20.4. The van der Waals surface area contributed by atoms with E-state index in [2.05, 4.69) is 10.3 Å². The molecule has 32 heavy (non-hydrogen) atoms. The molecule has 12 heteroatoms. The summed E-state index contributed by atoms with van der Waals surface area (Å²) in [6, 6.07) is 4.03. The number of aromatic nitrogens is 1. The van der Waals surface area contributed by atoms with Gasteiger partial charge in [-0.2, -0.15) is 4.31 Å². The monoisotopic (exact) mass is 501 g/mol. The molecule has 0 bridgehead atoms. The van der Waals surface area contributed by atoms with Crippen LogP contribution >= 0.6 is 22.9 Å². The van der Waals surface area contributed by atoms with Crippen LogP contribution in [0.15, 0.2) is 23.1 Å². The molecular formula is C20H24ClN3O6S2. The number of halogens is 1. The fourth-order valence-corrected chi connectivity index (χ4v) is 6.26. The zero-order valence-electron chi connectivity index (χ0n) is 18.0. The third-order valence-corrected chi connectivity index (χ3v) is 8.04. The van der Waals surface area contributed by atoms with Crippen LogP contribution in [0.5, 0.6) is 0 Å². The number of thiazole rings is 1. The van der Waals surface area contributed by atoms with E-state index < -0.39 is 21.9 Å². The molecule has 0 spiro atoms. The summed E-state index contributed by atoms with van der Waals surface area (Å²) in [6.07, 6.45) is -0.527. The number of hydrogen-bond acceptors (Lipinski definition) is 8. The minimum Gasteiger partial charge on any atom is -0.462 e. The van der Waals surface area contributed by atoms with E-state index in [-0.39, 0.29) is 57.4 Å². The molecule has 0 aliphatic carbocycles. The lowest BCUT2D eigenvalue weighted by Crippen LogP contribution is -2.48. The third kappa shape index (κ3) is 5.29. The fourth-order valence-electron chi connectivity index (χ4n) is 3.31. The molecule has 174 valence electrons. The minimum atomic E-state index is -3.94. The average Bonchev–Trinajstić information content (AvgIpc) is 3.07. The second-order valence-electron chi connectivity index (χ2n) is 7.33. The van der Waals surface area contributed by atoms with Crippen molar-refractivity contribution in [2.24, 2.45) is 0 Å². The van der Waals surface area contributed by atoms with E-state index in [0.29, 0.717) is 5.69 Å². The molecule has 2 unspecified atom stereocenters. The number of nitrogens with zero attached hydrogens (tertiary/aromatic N) is 2. The lowest BCUT2D eigenvalue weighted by atomic mass is 10.2. The molecule has 2 atom stereocenters. The Morgan fingerprint density at radius 3 is 2.59 bits per heavy atom. The Kier molecular flexibility index (Phi) is 7.56. The summed E-state index contributed by atoms with van der Waals surface area (Å²) in [4.78, 5) is 29.0. The summed E-state index contributed by atoms with van der Waals surface area (Å²) < 4.78 is 38.3. The summed E-state index contributed by atoms with van der Waals surface area (Å²) in [5, 5.41) is 2.81. The standard InChI is InChI=1S/C20H24ClN3O6S2/c1-5-29-19(26)17-13(4)22-20(31-17)23-18(25)14-6-7-15(21)16(8-14)32(27,28)24-9-11(2)30-12(3)10-24/h6-8,11-12H,5,9-10H2,1-4H3,(H,22,23,25). The Morgan fingerprint density at radius 1 is 1.31 bits per heavy atom. The number of carbonyl (C=O) groups is 2. The molecule has 3 rings (SSSR count). The molecule has 1 saturated heterocycles. The fraction of sp³-hybridized carbons (Fsp3) is 0.450. The Bertz CT molecular complexity index is 1120. The molecule has 0 radical (unpaired) electrons. The van der Waals surface area contributed by atoms with Crippen LogP contribution in [-0.2, 0) is 19.5 Å². The van der Waals surface area contributed by atoms with E-state index in [1.165, 1.54) is 22.5 Å². The van der Waals surface area contributed by atoms with Crippen molar-refractivity contribution < 1.29 is 27.5 Å². The van der Waals surface area contributed by atoms with E-state index in [4.69, 9.17) is 21.1 Å².